The number of hydrogen-bond donors (Lipinski definition) is 3. The van der Waals surface area contributed by atoms with Crippen LogP contribution < -0.4 is 16.0 Å². The van der Waals surface area contributed by atoms with Crippen molar-refractivity contribution in [2.45, 2.75) is 25.9 Å². The third kappa shape index (κ3) is 2.98. The van der Waals surface area contributed by atoms with E-state index in [-0.39, 0.29) is 5.91 Å². The first-order valence-electron chi connectivity index (χ1n) is 8.83. The molecule has 0 spiro atoms. The van der Waals surface area contributed by atoms with Crippen molar-refractivity contribution in [3.8, 4) is 0 Å². The van der Waals surface area contributed by atoms with Gasteiger partial charge in [-0.05, 0) is 43.7 Å². The minimum atomic E-state index is -1.14. The maximum absolute atomic E-state index is 12.4. The molecule has 0 saturated carbocycles. The Balaban J connectivity index is 1.45. The number of aromatic nitrogens is 2. The Hall–Kier alpha value is -3.68. The Morgan fingerprint density at radius 1 is 1.18 bits per heavy atom. The van der Waals surface area contributed by atoms with E-state index < -0.39 is 17.5 Å². The molecule has 3 heterocycles. The number of urea groups is 1. The number of imide groups is 1. The van der Waals surface area contributed by atoms with E-state index in [2.05, 4.69) is 20.9 Å². The number of carbonyl (C=O) groups excluding carboxylic acids is 3. The molecule has 1 saturated heterocycles. The van der Waals surface area contributed by atoms with Gasteiger partial charge in [0.2, 0.25) is 0 Å². The van der Waals surface area contributed by atoms with Crippen LogP contribution in [0.3, 0.4) is 0 Å². The molecule has 142 valence electrons. The second-order valence-electron chi connectivity index (χ2n) is 6.92. The first-order valence-corrected chi connectivity index (χ1v) is 8.83. The van der Waals surface area contributed by atoms with Gasteiger partial charge in [0.25, 0.3) is 11.8 Å². The van der Waals surface area contributed by atoms with Crippen molar-refractivity contribution in [2.75, 3.05) is 0 Å². The van der Waals surface area contributed by atoms with Gasteiger partial charge in [0.05, 0.1) is 12.2 Å². The van der Waals surface area contributed by atoms with Crippen LogP contribution in [0.4, 0.5) is 4.79 Å². The number of carbonyl (C=O) groups is 3. The highest BCUT2D eigenvalue weighted by Crippen LogP contribution is 2.24. The second kappa shape index (κ2) is 6.49. The zero-order valence-corrected chi connectivity index (χ0v) is 15.4. The SMILES string of the molecule is Cc1cccc2nc(CNC(=O)c3ccc([C@@]4(C)NC(=O)NC4=O)cc3)cn12. The van der Waals surface area contributed by atoms with Crippen molar-refractivity contribution in [1.29, 1.82) is 0 Å². The van der Waals surface area contributed by atoms with E-state index in [1.807, 2.05) is 35.7 Å². The van der Waals surface area contributed by atoms with Crippen LogP contribution in [0.5, 0.6) is 0 Å². The Morgan fingerprint density at radius 3 is 2.57 bits per heavy atom. The fourth-order valence-electron chi connectivity index (χ4n) is 3.26. The molecule has 1 fully saturated rings. The molecule has 1 atom stereocenters. The predicted molar refractivity (Wildman–Crippen MR) is 102 cm³/mol. The molecule has 8 heteroatoms. The lowest BCUT2D eigenvalue weighted by Crippen LogP contribution is -2.40. The maximum Gasteiger partial charge on any atom is 0.322 e. The molecule has 0 unspecified atom stereocenters. The quantitative estimate of drug-likeness (QED) is 0.601. The monoisotopic (exact) mass is 377 g/mol. The number of imidazole rings is 1. The zero-order valence-electron chi connectivity index (χ0n) is 15.4. The van der Waals surface area contributed by atoms with Crippen LogP contribution in [-0.2, 0) is 16.9 Å². The molecule has 4 amide bonds. The van der Waals surface area contributed by atoms with Crippen LogP contribution in [-0.4, -0.2) is 27.2 Å². The summed E-state index contributed by atoms with van der Waals surface area (Å²) >= 11 is 0. The van der Waals surface area contributed by atoms with Crippen LogP contribution in [0.2, 0.25) is 0 Å². The molecule has 28 heavy (non-hydrogen) atoms. The first kappa shape index (κ1) is 17.7. The summed E-state index contributed by atoms with van der Waals surface area (Å²) in [6, 6.07) is 11.9. The average molecular weight is 377 g/mol. The van der Waals surface area contributed by atoms with Crippen molar-refractivity contribution in [3.05, 3.63) is 71.2 Å². The summed E-state index contributed by atoms with van der Waals surface area (Å²) in [5.74, 6) is -0.665. The summed E-state index contributed by atoms with van der Waals surface area (Å²) in [4.78, 5) is 40.3. The second-order valence-corrected chi connectivity index (χ2v) is 6.92. The van der Waals surface area contributed by atoms with Gasteiger partial charge in [0.1, 0.15) is 11.2 Å². The van der Waals surface area contributed by atoms with Crippen LogP contribution in [0.15, 0.2) is 48.7 Å². The van der Waals surface area contributed by atoms with Crippen molar-refractivity contribution < 1.29 is 14.4 Å². The van der Waals surface area contributed by atoms with Gasteiger partial charge in [-0.2, -0.15) is 0 Å². The lowest BCUT2D eigenvalue weighted by Gasteiger charge is -2.21. The summed E-state index contributed by atoms with van der Waals surface area (Å²) in [6.45, 7) is 3.91. The number of aryl methyl sites for hydroxylation is 1. The zero-order chi connectivity index (χ0) is 19.9. The number of hydrogen-bond acceptors (Lipinski definition) is 4. The normalized spacial score (nSPS) is 18.8. The number of nitrogens with zero attached hydrogens (tertiary/aromatic N) is 2. The van der Waals surface area contributed by atoms with E-state index in [1.54, 1.807) is 31.2 Å². The number of amides is 4. The smallest absolute Gasteiger partial charge is 0.322 e. The van der Waals surface area contributed by atoms with Crippen LogP contribution in [0, 0.1) is 6.92 Å². The van der Waals surface area contributed by atoms with Crippen LogP contribution in [0.1, 0.15) is 34.2 Å². The molecule has 3 N–H and O–H groups in total. The summed E-state index contributed by atoms with van der Waals surface area (Å²) in [7, 11) is 0. The van der Waals surface area contributed by atoms with Gasteiger partial charge < -0.3 is 15.0 Å². The topological polar surface area (TPSA) is 105 Å². The lowest BCUT2D eigenvalue weighted by atomic mass is 9.91. The molecule has 1 aliphatic heterocycles. The molecule has 8 nitrogen and oxygen atoms in total. The predicted octanol–water partition coefficient (Wildman–Crippen LogP) is 1.63. The molecular formula is C20H19N5O3. The van der Waals surface area contributed by atoms with Crippen molar-refractivity contribution in [2.24, 2.45) is 0 Å². The van der Waals surface area contributed by atoms with Gasteiger partial charge in [-0.3, -0.25) is 14.9 Å². The minimum absolute atomic E-state index is 0.245. The van der Waals surface area contributed by atoms with Crippen LogP contribution in [0.25, 0.3) is 5.65 Å². The van der Waals surface area contributed by atoms with E-state index >= 15 is 0 Å². The van der Waals surface area contributed by atoms with Gasteiger partial charge in [0, 0.05) is 17.5 Å². The van der Waals surface area contributed by atoms with Gasteiger partial charge in [0.15, 0.2) is 0 Å². The third-order valence-electron chi connectivity index (χ3n) is 4.95. The number of fused-ring (bicyclic) bond motifs is 1. The van der Waals surface area contributed by atoms with E-state index in [1.165, 1.54) is 0 Å². The fraction of sp³-hybridized carbons (Fsp3) is 0.200. The Kier molecular flexibility index (Phi) is 4.11. The number of nitrogens with one attached hydrogen (secondary N) is 3. The Labute approximate surface area is 161 Å². The molecule has 1 aromatic carbocycles. The maximum atomic E-state index is 12.4. The van der Waals surface area contributed by atoms with Crippen LogP contribution >= 0.6 is 0 Å². The molecule has 0 aliphatic carbocycles. The average Bonchev–Trinajstić information content (AvgIpc) is 3.21. The lowest BCUT2D eigenvalue weighted by molar-refractivity contribution is -0.123. The highest BCUT2D eigenvalue weighted by atomic mass is 16.2. The van der Waals surface area contributed by atoms with E-state index in [0.29, 0.717) is 17.7 Å². The standard InChI is InChI=1S/C20H19N5O3/c1-12-4-3-5-16-22-15(11-25(12)16)10-21-17(26)13-6-8-14(9-7-13)20(2)18(27)23-19(28)24-20/h3-9,11H,10H2,1-2H3,(H,21,26)(H2,23,24,27,28)/t20-/m1/s1. The number of rotatable bonds is 4. The molecule has 2 aromatic heterocycles. The largest absolute Gasteiger partial charge is 0.346 e. The fourth-order valence-corrected chi connectivity index (χ4v) is 3.26. The first-order chi connectivity index (χ1) is 13.4. The van der Waals surface area contributed by atoms with Gasteiger partial charge in [-0.15, -0.1) is 0 Å². The van der Waals surface area contributed by atoms with Crippen molar-refractivity contribution in [1.82, 2.24) is 25.3 Å². The van der Waals surface area contributed by atoms with E-state index in [0.717, 1.165) is 17.0 Å². The summed E-state index contributed by atoms with van der Waals surface area (Å²) in [5.41, 5.74) is 2.58. The summed E-state index contributed by atoms with van der Waals surface area (Å²) in [5, 5.41) is 7.66. The van der Waals surface area contributed by atoms with E-state index in [9.17, 15) is 14.4 Å². The number of benzene rings is 1. The summed E-state index contributed by atoms with van der Waals surface area (Å²) in [6.07, 6.45) is 1.90. The van der Waals surface area contributed by atoms with Gasteiger partial charge >= 0.3 is 6.03 Å². The minimum Gasteiger partial charge on any atom is -0.346 e. The Bertz CT molecular complexity index is 1100. The molecule has 1 aliphatic rings. The van der Waals surface area contributed by atoms with Crippen molar-refractivity contribution >= 4 is 23.5 Å². The molecule has 0 bridgehead atoms. The third-order valence-corrected chi connectivity index (χ3v) is 4.95. The highest BCUT2D eigenvalue weighted by Gasteiger charge is 2.43. The number of pyridine rings is 1. The Morgan fingerprint density at radius 2 is 1.93 bits per heavy atom. The molecule has 0 radical (unpaired) electrons. The van der Waals surface area contributed by atoms with E-state index in [4.69, 9.17) is 0 Å². The molecule has 3 aromatic rings. The molecular weight excluding hydrogens is 358 g/mol. The van der Waals surface area contributed by atoms with Gasteiger partial charge in [-0.25, -0.2) is 9.78 Å². The molecule has 4 rings (SSSR count). The summed E-state index contributed by atoms with van der Waals surface area (Å²) < 4.78 is 1.97. The van der Waals surface area contributed by atoms with Crippen molar-refractivity contribution in [3.63, 3.8) is 0 Å². The van der Waals surface area contributed by atoms with Gasteiger partial charge in [-0.1, -0.05) is 18.2 Å². The highest BCUT2D eigenvalue weighted by molar-refractivity contribution is 6.07.